The molecule has 1 atom stereocenters. The Morgan fingerprint density at radius 2 is 2.18 bits per heavy atom. The van der Waals surface area contributed by atoms with E-state index in [1.165, 1.54) is 5.56 Å². The summed E-state index contributed by atoms with van der Waals surface area (Å²) in [6.07, 6.45) is 3.17. The van der Waals surface area contributed by atoms with Gasteiger partial charge < -0.3 is 0 Å². The van der Waals surface area contributed by atoms with Gasteiger partial charge in [-0.3, -0.25) is 4.99 Å². The number of hydrogen-bond donors (Lipinski definition) is 0. The van der Waals surface area contributed by atoms with Gasteiger partial charge in [-0.2, -0.15) is 0 Å². The second-order valence-corrected chi connectivity index (χ2v) is 3.09. The number of fused-ring (bicyclic) bond motifs is 1. The molecule has 0 saturated heterocycles. The summed E-state index contributed by atoms with van der Waals surface area (Å²) in [5, 5.41) is 0. The zero-order valence-electron chi connectivity index (χ0n) is 6.62. The van der Waals surface area contributed by atoms with Crippen molar-refractivity contribution >= 4 is 11.9 Å². The number of aliphatic imine (C=N–C) groups is 1. The van der Waals surface area contributed by atoms with Crippen LogP contribution in [0.25, 0.3) is 0 Å². The van der Waals surface area contributed by atoms with Gasteiger partial charge in [-0.1, -0.05) is 25.1 Å². The largest absolute Gasteiger partial charge is 0.261 e. The number of para-hydroxylation sites is 1. The summed E-state index contributed by atoms with van der Waals surface area (Å²) >= 11 is 0. The van der Waals surface area contributed by atoms with Gasteiger partial charge in [0.15, 0.2) is 0 Å². The van der Waals surface area contributed by atoms with Crippen LogP contribution >= 0.6 is 0 Å². The van der Waals surface area contributed by atoms with Crippen LogP contribution in [0.15, 0.2) is 29.3 Å². The molecule has 0 aromatic heterocycles. The number of hydrogen-bond acceptors (Lipinski definition) is 1. The topological polar surface area (TPSA) is 12.4 Å². The third kappa shape index (κ3) is 1.18. The molecule has 1 heterocycles. The maximum Gasteiger partial charge on any atom is 0.0658 e. The van der Waals surface area contributed by atoms with Gasteiger partial charge in [0.05, 0.1) is 5.69 Å². The third-order valence-electron chi connectivity index (χ3n) is 2.00. The Labute approximate surface area is 66.8 Å². The first-order valence-electron chi connectivity index (χ1n) is 3.98. The summed E-state index contributed by atoms with van der Waals surface area (Å²) in [7, 11) is 0. The Morgan fingerprint density at radius 3 is 3.09 bits per heavy atom. The van der Waals surface area contributed by atoms with Crippen molar-refractivity contribution in [2.75, 3.05) is 0 Å². The van der Waals surface area contributed by atoms with Crippen LogP contribution in [0.4, 0.5) is 5.69 Å². The van der Waals surface area contributed by atoms with Gasteiger partial charge in [0.1, 0.15) is 0 Å². The lowest BCUT2D eigenvalue weighted by molar-refractivity contribution is 0.771. The van der Waals surface area contributed by atoms with Crippen molar-refractivity contribution in [3.8, 4) is 0 Å². The molecule has 0 aliphatic carbocycles. The summed E-state index contributed by atoms with van der Waals surface area (Å²) < 4.78 is 0. The Bertz CT molecular complexity index is 289. The highest BCUT2D eigenvalue weighted by Crippen LogP contribution is 2.24. The molecule has 0 radical (unpaired) electrons. The minimum Gasteiger partial charge on any atom is -0.261 e. The Kier molecular flexibility index (Phi) is 1.50. The minimum absolute atomic E-state index is 0.602. The highest BCUT2D eigenvalue weighted by atomic mass is 14.7. The zero-order valence-corrected chi connectivity index (χ0v) is 6.62. The Hall–Kier alpha value is -1.11. The minimum atomic E-state index is 0.602. The molecular formula is C10H11N. The van der Waals surface area contributed by atoms with Gasteiger partial charge in [0, 0.05) is 6.21 Å². The molecule has 1 aliphatic rings. The molecule has 1 heteroatoms. The van der Waals surface area contributed by atoms with E-state index >= 15 is 0 Å². The fourth-order valence-electron chi connectivity index (χ4n) is 1.42. The van der Waals surface area contributed by atoms with Crippen molar-refractivity contribution in [1.82, 2.24) is 0 Å². The second-order valence-electron chi connectivity index (χ2n) is 3.09. The van der Waals surface area contributed by atoms with E-state index in [4.69, 9.17) is 0 Å². The molecule has 1 aromatic carbocycles. The van der Waals surface area contributed by atoms with E-state index in [1.807, 2.05) is 12.3 Å². The summed E-state index contributed by atoms with van der Waals surface area (Å²) in [4.78, 5) is 4.35. The normalized spacial score (nSPS) is 21.4. The number of rotatable bonds is 0. The molecule has 0 fully saturated rings. The van der Waals surface area contributed by atoms with Crippen LogP contribution < -0.4 is 0 Å². The highest BCUT2D eigenvalue weighted by molar-refractivity contribution is 5.70. The summed E-state index contributed by atoms with van der Waals surface area (Å²) in [5.41, 5.74) is 2.52. The predicted octanol–water partition coefficient (Wildman–Crippen LogP) is 2.58. The van der Waals surface area contributed by atoms with Crippen LogP contribution in [0.3, 0.4) is 0 Å². The quantitative estimate of drug-likeness (QED) is 0.532. The average molecular weight is 145 g/mol. The first-order valence-corrected chi connectivity index (χ1v) is 3.98. The van der Waals surface area contributed by atoms with Gasteiger partial charge >= 0.3 is 0 Å². The average Bonchev–Trinajstić information content (AvgIpc) is 2.04. The van der Waals surface area contributed by atoms with E-state index in [9.17, 15) is 0 Å². The lowest BCUT2D eigenvalue weighted by Crippen LogP contribution is -2.05. The SMILES string of the molecule is C[C@H]1C=Nc2ccccc2C1. The predicted molar refractivity (Wildman–Crippen MR) is 47.5 cm³/mol. The molecule has 0 N–H and O–H groups in total. The molecule has 0 saturated carbocycles. The molecule has 2 rings (SSSR count). The van der Waals surface area contributed by atoms with Crippen LogP contribution in [0.5, 0.6) is 0 Å². The third-order valence-corrected chi connectivity index (χ3v) is 2.00. The fourth-order valence-corrected chi connectivity index (χ4v) is 1.42. The molecule has 0 unspecified atom stereocenters. The molecule has 0 bridgehead atoms. The standard InChI is InChI=1S/C10H11N/c1-8-6-9-4-2-3-5-10(9)11-7-8/h2-5,7-8H,6H2,1H3/t8-/m1/s1. The Balaban J connectivity index is 2.46. The van der Waals surface area contributed by atoms with E-state index in [-0.39, 0.29) is 0 Å². The number of nitrogens with zero attached hydrogens (tertiary/aromatic N) is 1. The van der Waals surface area contributed by atoms with E-state index in [1.54, 1.807) is 0 Å². The lowest BCUT2D eigenvalue weighted by Gasteiger charge is -2.13. The van der Waals surface area contributed by atoms with Crippen molar-refractivity contribution in [2.24, 2.45) is 10.9 Å². The second kappa shape index (κ2) is 2.50. The van der Waals surface area contributed by atoms with E-state index in [0.717, 1.165) is 12.1 Å². The monoisotopic (exact) mass is 145 g/mol. The summed E-state index contributed by atoms with van der Waals surface area (Å²) in [6.45, 7) is 2.19. The van der Waals surface area contributed by atoms with Crippen molar-refractivity contribution in [1.29, 1.82) is 0 Å². The molecule has 1 aliphatic heterocycles. The molecule has 0 amide bonds. The first kappa shape index (κ1) is 6.59. The van der Waals surface area contributed by atoms with Crippen LogP contribution in [-0.4, -0.2) is 6.21 Å². The smallest absolute Gasteiger partial charge is 0.0658 e. The van der Waals surface area contributed by atoms with E-state index in [2.05, 4.69) is 30.1 Å². The van der Waals surface area contributed by atoms with Crippen molar-refractivity contribution in [3.63, 3.8) is 0 Å². The molecule has 1 nitrogen and oxygen atoms in total. The van der Waals surface area contributed by atoms with Crippen molar-refractivity contribution in [3.05, 3.63) is 29.8 Å². The highest BCUT2D eigenvalue weighted by Gasteiger charge is 2.08. The lowest BCUT2D eigenvalue weighted by atomic mass is 9.98. The molecule has 56 valence electrons. The van der Waals surface area contributed by atoms with Crippen LogP contribution in [-0.2, 0) is 6.42 Å². The fraction of sp³-hybridized carbons (Fsp3) is 0.300. The van der Waals surface area contributed by atoms with Crippen molar-refractivity contribution in [2.45, 2.75) is 13.3 Å². The van der Waals surface area contributed by atoms with Crippen molar-refractivity contribution < 1.29 is 0 Å². The van der Waals surface area contributed by atoms with E-state index in [0.29, 0.717) is 5.92 Å². The van der Waals surface area contributed by atoms with Crippen LogP contribution in [0, 0.1) is 5.92 Å². The molecular weight excluding hydrogens is 134 g/mol. The van der Waals surface area contributed by atoms with Crippen LogP contribution in [0.1, 0.15) is 12.5 Å². The van der Waals surface area contributed by atoms with Gasteiger partial charge in [-0.05, 0) is 24.0 Å². The van der Waals surface area contributed by atoms with E-state index < -0.39 is 0 Å². The van der Waals surface area contributed by atoms with Gasteiger partial charge in [0.2, 0.25) is 0 Å². The summed E-state index contributed by atoms with van der Waals surface area (Å²) in [5.74, 6) is 0.602. The van der Waals surface area contributed by atoms with Gasteiger partial charge in [-0.25, -0.2) is 0 Å². The molecule has 11 heavy (non-hydrogen) atoms. The van der Waals surface area contributed by atoms with Gasteiger partial charge in [-0.15, -0.1) is 0 Å². The number of benzene rings is 1. The van der Waals surface area contributed by atoms with Gasteiger partial charge in [0.25, 0.3) is 0 Å². The van der Waals surface area contributed by atoms with Crippen LogP contribution in [0.2, 0.25) is 0 Å². The Morgan fingerprint density at radius 1 is 1.36 bits per heavy atom. The molecule has 1 aromatic rings. The summed E-state index contributed by atoms with van der Waals surface area (Å²) in [6, 6.07) is 8.33. The molecule has 0 spiro atoms. The maximum atomic E-state index is 4.35. The first-order chi connectivity index (χ1) is 5.36. The zero-order chi connectivity index (χ0) is 7.68. The maximum absolute atomic E-state index is 4.35.